The van der Waals surface area contributed by atoms with E-state index in [0.29, 0.717) is 12.8 Å². The van der Waals surface area contributed by atoms with Crippen molar-refractivity contribution < 1.29 is 23.1 Å². The molecule has 7 heteroatoms. The fourth-order valence-electron chi connectivity index (χ4n) is 3.69. The first kappa shape index (κ1) is 16.3. The highest BCUT2D eigenvalue weighted by Gasteiger charge is 2.47. The molecule has 2 aliphatic rings. The zero-order chi connectivity index (χ0) is 15.6. The van der Waals surface area contributed by atoms with Crippen LogP contribution in [0.15, 0.2) is 0 Å². The van der Waals surface area contributed by atoms with E-state index in [0.717, 1.165) is 25.7 Å². The second-order valence-corrected chi connectivity index (χ2v) is 8.28. The van der Waals surface area contributed by atoms with Crippen molar-refractivity contribution in [1.29, 1.82) is 0 Å². The molecule has 0 bridgehead atoms. The fourth-order valence-corrected chi connectivity index (χ4v) is 4.98. The fraction of sp³-hybridized carbons (Fsp3) is 0.857. The molecular weight excluding hydrogens is 294 g/mol. The SMILES string of the molecule is CCCS(=O)(=O)CC(=O)N1C(C(=O)O)CC2CCCCC21. The predicted octanol–water partition coefficient (Wildman–Crippen LogP) is 1.06. The van der Waals surface area contributed by atoms with Gasteiger partial charge in [-0.3, -0.25) is 4.79 Å². The Morgan fingerprint density at radius 3 is 2.52 bits per heavy atom. The maximum Gasteiger partial charge on any atom is 0.326 e. The number of hydrogen-bond donors (Lipinski definition) is 1. The van der Waals surface area contributed by atoms with Gasteiger partial charge >= 0.3 is 5.97 Å². The largest absolute Gasteiger partial charge is 0.480 e. The Hall–Kier alpha value is -1.11. The van der Waals surface area contributed by atoms with E-state index < -0.39 is 33.5 Å². The third kappa shape index (κ3) is 3.56. The van der Waals surface area contributed by atoms with Crippen LogP contribution in [-0.4, -0.2) is 53.9 Å². The number of aliphatic carboxylic acids is 1. The molecule has 0 aromatic rings. The molecule has 0 spiro atoms. The molecule has 0 radical (unpaired) electrons. The zero-order valence-electron chi connectivity index (χ0n) is 12.3. The Kier molecular flexibility index (Phi) is 4.91. The first-order valence-electron chi connectivity index (χ1n) is 7.60. The number of nitrogens with zero attached hydrogens (tertiary/aromatic N) is 1. The lowest BCUT2D eigenvalue weighted by molar-refractivity contribution is -0.148. The van der Waals surface area contributed by atoms with E-state index in [9.17, 15) is 23.1 Å². The predicted molar refractivity (Wildman–Crippen MR) is 77.6 cm³/mol. The van der Waals surface area contributed by atoms with E-state index in [1.807, 2.05) is 0 Å². The van der Waals surface area contributed by atoms with E-state index in [4.69, 9.17) is 0 Å². The highest BCUT2D eigenvalue weighted by molar-refractivity contribution is 7.92. The van der Waals surface area contributed by atoms with Gasteiger partial charge in [-0.2, -0.15) is 0 Å². The van der Waals surface area contributed by atoms with Gasteiger partial charge in [0.2, 0.25) is 5.91 Å². The maximum atomic E-state index is 12.4. The summed E-state index contributed by atoms with van der Waals surface area (Å²) in [6.07, 6.45) is 4.67. The number of hydrogen-bond acceptors (Lipinski definition) is 4. The molecule has 1 saturated carbocycles. The van der Waals surface area contributed by atoms with Crippen molar-refractivity contribution in [3.8, 4) is 0 Å². The van der Waals surface area contributed by atoms with E-state index in [-0.39, 0.29) is 17.7 Å². The quantitative estimate of drug-likeness (QED) is 0.818. The van der Waals surface area contributed by atoms with Crippen LogP contribution in [0.2, 0.25) is 0 Å². The van der Waals surface area contributed by atoms with Gasteiger partial charge in [0.25, 0.3) is 0 Å². The minimum atomic E-state index is -3.44. The maximum absolute atomic E-state index is 12.4. The molecule has 3 unspecified atom stereocenters. The van der Waals surface area contributed by atoms with Gasteiger partial charge in [-0.25, -0.2) is 13.2 Å². The minimum Gasteiger partial charge on any atom is -0.480 e. The molecule has 1 aliphatic carbocycles. The van der Waals surface area contributed by atoms with Gasteiger partial charge in [0.1, 0.15) is 11.8 Å². The number of fused-ring (bicyclic) bond motifs is 1. The van der Waals surface area contributed by atoms with Crippen LogP contribution in [-0.2, 0) is 19.4 Å². The standard InChI is InChI=1S/C14H23NO5S/c1-2-7-21(19,20)9-13(16)15-11-6-4-3-5-10(11)8-12(15)14(17)18/h10-12H,2-9H2,1H3,(H,17,18). The van der Waals surface area contributed by atoms with Crippen LogP contribution in [0.4, 0.5) is 0 Å². The summed E-state index contributed by atoms with van der Waals surface area (Å²) in [7, 11) is -3.44. The number of carbonyl (C=O) groups excluding carboxylic acids is 1. The normalized spacial score (nSPS) is 29.2. The van der Waals surface area contributed by atoms with Gasteiger partial charge in [-0.1, -0.05) is 19.8 Å². The van der Waals surface area contributed by atoms with Crippen molar-refractivity contribution in [2.45, 2.75) is 57.5 Å². The molecule has 0 aromatic carbocycles. The lowest BCUT2D eigenvalue weighted by Crippen LogP contribution is -2.48. The Bertz CT molecular complexity index is 515. The monoisotopic (exact) mass is 317 g/mol. The van der Waals surface area contributed by atoms with Gasteiger partial charge in [0.05, 0.1) is 5.75 Å². The molecule has 0 aromatic heterocycles. The summed E-state index contributed by atoms with van der Waals surface area (Å²) in [6, 6.07) is -0.952. The summed E-state index contributed by atoms with van der Waals surface area (Å²) in [6.45, 7) is 1.75. The van der Waals surface area contributed by atoms with Crippen LogP contribution in [0.5, 0.6) is 0 Å². The smallest absolute Gasteiger partial charge is 0.326 e. The number of amides is 1. The van der Waals surface area contributed by atoms with Gasteiger partial charge < -0.3 is 10.0 Å². The molecule has 1 N–H and O–H groups in total. The number of likely N-dealkylation sites (tertiary alicyclic amines) is 1. The topological polar surface area (TPSA) is 91.8 Å². The highest BCUT2D eigenvalue weighted by atomic mass is 32.2. The summed E-state index contributed by atoms with van der Waals surface area (Å²) < 4.78 is 23.7. The number of sulfone groups is 1. The van der Waals surface area contributed by atoms with Crippen LogP contribution in [0.3, 0.4) is 0 Å². The van der Waals surface area contributed by atoms with Crippen molar-refractivity contribution >= 4 is 21.7 Å². The second-order valence-electron chi connectivity index (χ2n) is 6.09. The third-order valence-corrected chi connectivity index (χ3v) is 6.24. The Labute approximate surface area is 125 Å². The number of carbonyl (C=O) groups is 2. The van der Waals surface area contributed by atoms with Crippen LogP contribution < -0.4 is 0 Å². The minimum absolute atomic E-state index is 0.0294. The zero-order valence-corrected chi connectivity index (χ0v) is 13.1. The van der Waals surface area contributed by atoms with Crippen molar-refractivity contribution in [3.05, 3.63) is 0 Å². The number of rotatable bonds is 5. The van der Waals surface area contributed by atoms with Crippen LogP contribution >= 0.6 is 0 Å². The van der Waals surface area contributed by atoms with Crippen molar-refractivity contribution in [1.82, 2.24) is 4.90 Å². The van der Waals surface area contributed by atoms with E-state index >= 15 is 0 Å². The van der Waals surface area contributed by atoms with Crippen molar-refractivity contribution in [2.75, 3.05) is 11.5 Å². The van der Waals surface area contributed by atoms with Crippen molar-refractivity contribution in [3.63, 3.8) is 0 Å². The van der Waals surface area contributed by atoms with Crippen LogP contribution in [0, 0.1) is 5.92 Å². The number of carboxylic acid groups (broad SMARTS) is 1. The van der Waals surface area contributed by atoms with E-state index in [1.165, 1.54) is 4.90 Å². The van der Waals surface area contributed by atoms with E-state index in [2.05, 4.69) is 0 Å². The first-order chi connectivity index (χ1) is 9.85. The Morgan fingerprint density at radius 2 is 1.90 bits per heavy atom. The molecule has 21 heavy (non-hydrogen) atoms. The molecule has 1 saturated heterocycles. The number of carboxylic acids is 1. The van der Waals surface area contributed by atoms with Crippen LogP contribution in [0.25, 0.3) is 0 Å². The molecule has 1 aliphatic heterocycles. The molecule has 1 amide bonds. The Balaban J connectivity index is 2.17. The molecule has 3 atom stereocenters. The molecule has 2 fully saturated rings. The summed E-state index contributed by atoms with van der Waals surface area (Å²) in [5.74, 6) is -1.94. The summed E-state index contributed by atoms with van der Waals surface area (Å²) >= 11 is 0. The lowest BCUT2D eigenvalue weighted by Gasteiger charge is -2.33. The first-order valence-corrected chi connectivity index (χ1v) is 9.42. The average molecular weight is 317 g/mol. The van der Waals surface area contributed by atoms with E-state index in [1.54, 1.807) is 6.92 Å². The van der Waals surface area contributed by atoms with Crippen molar-refractivity contribution in [2.24, 2.45) is 5.92 Å². The highest BCUT2D eigenvalue weighted by Crippen LogP contribution is 2.39. The van der Waals surface area contributed by atoms with Gasteiger partial charge in [0.15, 0.2) is 9.84 Å². The summed E-state index contributed by atoms with van der Waals surface area (Å²) in [5.41, 5.74) is 0. The molecule has 120 valence electrons. The molecule has 1 heterocycles. The third-order valence-electron chi connectivity index (χ3n) is 4.52. The summed E-state index contributed by atoms with van der Waals surface area (Å²) in [4.78, 5) is 25.2. The van der Waals surface area contributed by atoms with Gasteiger partial charge in [0, 0.05) is 6.04 Å². The molecule has 2 rings (SSSR count). The van der Waals surface area contributed by atoms with Gasteiger partial charge in [-0.15, -0.1) is 0 Å². The molecular formula is C14H23NO5S. The second kappa shape index (κ2) is 6.34. The van der Waals surface area contributed by atoms with Crippen LogP contribution in [0.1, 0.15) is 45.4 Å². The van der Waals surface area contributed by atoms with Gasteiger partial charge in [-0.05, 0) is 31.6 Å². The average Bonchev–Trinajstić information content (AvgIpc) is 2.77. The molecule has 6 nitrogen and oxygen atoms in total. The summed E-state index contributed by atoms with van der Waals surface area (Å²) in [5, 5.41) is 9.34. The lowest BCUT2D eigenvalue weighted by atomic mass is 9.85. The Morgan fingerprint density at radius 1 is 1.24 bits per heavy atom.